The van der Waals surface area contributed by atoms with E-state index in [-0.39, 0.29) is 0 Å². The number of hydrogen-bond donors (Lipinski definition) is 0. The molecule has 0 nitrogen and oxygen atoms in total. The van der Waals surface area contributed by atoms with Gasteiger partial charge in [0.15, 0.2) is 0 Å². The molecule has 0 aliphatic carbocycles. The topological polar surface area (TPSA) is 0 Å². The highest BCUT2D eigenvalue weighted by molar-refractivity contribution is 5.05. The highest BCUT2D eigenvalue weighted by Crippen LogP contribution is 2.11. The van der Waals surface area contributed by atoms with E-state index in [2.05, 4.69) is 39.8 Å². The SMILES string of the molecule is CCCCCC/C(C)=C/C/C=C(\C)CC. The highest BCUT2D eigenvalue weighted by Gasteiger charge is 1.90. The molecule has 0 atom stereocenters. The summed E-state index contributed by atoms with van der Waals surface area (Å²) in [7, 11) is 0. The van der Waals surface area contributed by atoms with Gasteiger partial charge in [0.2, 0.25) is 0 Å². The quantitative estimate of drug-likeness (QED) is 0.357. The zero-order valence-electron chi connectivity index (χ0n) is 11.1. The first-order valence-electron chi connectivity index (χ1n) is 6.52. The predicted octanol–water partition coefficient (Wildman–Crippen LogP) is 5.65. The summed E-state index contributed by atoms with van der Waals surface area (Å²) in [6.45, 7) is 8.96. The van der Waals surface area contributed by atoms with Crippen molar-refractivity contribution >= 4 is 0 Å². The Morgan fingerprint density at radius 2 is 1.53 bits per heavy atom. The summed E-state index contributed by atoms with van der Waals surface area (Å²) in [6, 6.07) is 0. The van der Waals surface area contributed by atoms with Crippen LogP contribution in [0.5, 0.6) is 0 Å². The molecule has 0 spiro atoms. The maximum atomic E-state index is 2.38. The maximum Gasteiger partial charge on any atom is -0.0164 e. The van der Waals surface area contributed by atoms with Gasteiger partial charge in [-0.15, -0.1) is 0 Å². The van der Waals surface area contributed by atoms with E-state index in [9.17, 15) is 0 Å². The normalized spacial score (nSPS) is 13.3. The summed E-state index contributed by atoms with van der Waals surface area (Å²) in [4.78, 5) is 0. The van der Waals surface area contributed by atoms with Crippen molar-refractivity contribution in [2.45, 2.75) is 72.6 Å². The van der Waals surface area contributed by atoms with E-state index in [0.29, 0.717) is 0 Å². The lowest BCUT2D eigenvalue weighted by atomic mass is 10.1. The third-order valence-corrected chi connectivity index (χ3v) is 2.91. The first-order chi connectivity index (χ1) is 7.20. The van der Waals surface area contributed by atoms with Crippen LogP contribution in [0.3, 0.4) is 0 Å². The first-order valence-corrected chi connectivity index (χ1v) is 6.52. The van der Waals surface area contributed by atoms with Crippen molar-refractivity contribution in [3.8, 4) is 0 Å². The molecule has 0 aromatic rings. The lowest BCUT2D eigenvalue weighted by Crippen LogP contribution is -1.80. The zero-order chi connectivity index (χ0) is 11.5. The van der Waals surface area contributed by atoms with E-state index >= 15 is 0 Å². The molecule has 0 amide bonds. The van der Waals surface area contributed by atoms with Crippen LogP contribution in [0.15, 0.2) is 23.3 Å². The van der Waals surface area contributed by atoms with Gasteiger partial charge >= 0.3 is 0 Å². The third-order valence-electron chi connectivity index (χ3n) is 2.91. The molecule has 88 valence electrons. The molecule has 0 aromatic heterocycles. The Morgan fingerprint density at radius 3 is 2.13 bits per heavy atom. The van der Waals surface area contributed by atoms with Gasteiger partial charge in [-0.1, -0.05) is 56.4 Å². The third kappa shape index (κ3) is 9.78. The fraction of sp³-hybridized carbons (Fsp3) is 0.733. The van der Waals surface area contributed by atoms with E-state index in [4.69, 9.17) is 0 Å². The molecule has 0 aliphatic rings. The van der Waals surface area contributed by atoms with Crippen LogP contribution in [0, 0.1) is 0 Å². The molecule has 0 saturated carbocycles. The smallest absolute Gasteiger partial charge is 0.0164 e. The van der Waals surface area contributed by atoms with E-state index in [1.165, 1.54) is 44.1 Å². The highest BCUT2D eigenvalue weighted by atomic mass is 14.0. The van der Waals surface area contributed by atoms with Crippen molar-refractivity contribution in [3.63, 3.8) is 0 Å². The monoisotopic (exact) mass is 208 g/mol. The Bertz CT molecular complexity index is 196. The molecule has 0 aromatic carbocycles. The van der Waals surface area contributed by atoms with Crippen LogP contribution in [-0.4, -0.2) is 0 Å². The Morgan fingerprint density at radius 1 is 0.867 bits per heavy atom. The van der Waals surface area contributed by atoms with Crippen molar-refractivity contribution in [3.05, 3.63) is 23.3 Å². The minimum Gasteiger partial charge on any atom is -0.0818 e. The fourth-order valence-electron chi connectivity index (χ4n) is 1.54. The molecule has 0 heterocycles. The van der Waals surface area contributed by atoms with Crippen LogP contribution in [0.4, 0.5) is 0 Å². The van der Waals surface area contributed by atoms with Crippen molar-refractivity contribution < 1.29 is 0 Å². The summed E-state index contributed by atoms with van der Waals surface area (Å²) < 4.78 is 0. The molecule has 0 rings (SSSR count). The Balaban J connectivity index is 3.60. The van der Waals surface area contributed by atoms with E-state index in [1.807, 2.05) is 0 Å². The number of hydrogen-bond acceptors (Lipinski definition) is 0. The molecule has 0 saturated heterocycles. The Kier molecular flexibility index (Phi) is 9.67. The minimum absolute atomic E-state index is 1.12. The summed E-state index contributed by atoms with van der Waals surface area (Å²) in [5.74, 6) is 0. The molecule has 0 heteroatoms. The summed E-state index contributed by atoms with van der Waals surface area (Å²) in [5, 5.41) is 0. The van der Waals surface area contributed by atoms with Crippen molar-refractivity contribution in [1.82, 2.24) is 0 Å². The molecule has 0 aliphatic heterocycles. The summed E-state index contributed by atoms with van der Waals surface area (Å²) in [6.07, 6.45) is 13.8. The lowest BCUT2D eigenvalue weighted by Gasteiger charge is -2.00. The van der Waals surface area contributed by atoms with Crippen LogP contribution < -0.4 is 0 Å². The van der Waals surface area contributed by atoms with Gasteiger partial charge in [-0.25, -0.2) is 0 Å². The van der Waals surface area contributed by atoms with Crippen molar-refractivity contribution in [2.24, 2.45) is 0 Å². The molecule has 0 N–H and O–H groups in total. The Labute approximate surface area is 96.5 Å². The molecule has 0 unspecified atom stereocenters. The first kappa shape index (κ1) is 14.5. The van der Waals surface area contributed by atoms with Gasteiger partial charge in [0.25, 0.3) is 0 Å². The molecular weight excluding hydrogens is 180 g/mol. The number of allylic oxidation sites excluding steroid dienone is 4. The van der Waals surface area contributed by atoms with Gasteiger partial charge in [-0.3, -0.25) is 0 Å². The minimum atomic E-state index is 1.12. The van der Waals surface area contributed by atoms with Gasteiger partial charge in [-0.2, -0.15) is 0 Å². The van der Waals surface area contributed by atoms with E-state index < -0.39 is 0 Å². The van der Waals surface area contributed by atoms with Gasteiger partial charge in [0.1, 0.15) is 0 Å². The molecule has 0 bridgehead atoms. The standard InChI is InChI=1S/C15H28/c1-5-7-8-9-11-15(4)13-10-12-14(3)6-2/h12-13H,5-11H2,1-4H3/b14-12+,15-13+. The second-order valence-corrected chi connectivity index (χ2v) is 4.50. The van der Waals surface area contributed by atoms with Crippen molar-refractivity contribution in [1.29, 1.82) is 0 Å². The summed E-state index contributed by atoms with van der Waals surface area (Å²) >= 11 is 0. The van der Waals surface area contributed by atoms with E-state index in [1.54, 1.807) is 5.57 Å². The maximum absolute atomic E-state index is 2.38. The average molecular weight is 208 g/mol. The Hall–Kier alpha value is -0.520. The fourth-order valence-corrected chi connectivity index (χ4v) is 1.54. The molecule has 15 heavy (non-hydrogen) atoms. The van der Waals surface area contributed by atoms with Crippen LogP contribution in [0.1, 0.15) is 72.6 Å². The lowest BCUT2D eigenvalue weighted by molar-refractivity contribution is 0.663. The molecular formula is C15H28. The largest absolute Gasteiger partial charge is 0.0818 e. The van der Waals surface area contributed by atoms with Gasteiger partial charge in [0.05, 0.1) is 0 Å². The zero-order valence-corrected chi connectivity index (χ0v) is 11.1. The average Bonchev–Trinajstić information content (AvgIpc) is 2.24. The van der Waals surface area contributed by atoms with Gasteiger partial charge < -0.3 is 0 Å². The molecule has 0 fully saturated rings. The van der Waals surface area contributed by atoms with Crippen molar-refractivity contribution in [2.75, 3.05) is 0 Å². The predicted molar refractivity (Wildman–Crippen MR) is 71.2 cm³/mol. The second kappa shape index (κ2) is 10.0. The number of unbranched alkanes of at least 4 members (excludes halogenated alkanes) is 3. The van der Waals surface area contributed by atoms with Crippen LogP contribution >= 0.6 is 0 Å². The number of rotatable bonds is 8. The van der Waals surface area contributed by atoms with Crippen LogP contribution in [-0.2, 0) is 0 Å². The second-order valence-electron chi connectivity index (χ2n) is 4.50. The van der Waals surface area contributed by atoms with Gasteiger partial charge in [-0.05, 0) is 39.5 Å². The summed E-state index contributed by atoms with van der Waals surface area (Å²) in [5.41, 5.74) is 3.07. The van der Waals surface area contributed by atoms with Crippen LogP contribution in [0.25, 0.3) is 0 Å². The molecule has 0 radical (unpaired) electrons. The van der Waals surface area contributed by atoms with Crippen LogP contribution in [0.2, 0.25) is 0 Å². The van der Waals surface area contributed by atoms with Gasteiger partial charge in [0, 0.05) is 0 Å². The van der Waals surface area contributed by atoms with E-state index in [0.717, 1.165) is 6.42 Å².